The molecule has 0 fully saturated rings. The molecule has 22 heavy (non-hydrogen) atoms. The van der Waals surface area contributed by atoms with E-state index in [0.29, 0.717) is 31.3 Å². The van der Waals surface area contributed by atoms with Gasteiger partial charge in [0, 0.05) is 20.5 Å². The van der Waals surface area contributed by atoms with Crippen molar-refractivity contribution in [3.8, 4) is 0 Å². The monoisotopic (exact) mass is 310 g/mol. The third-order valence-corrected chi connectivity index (χ3v) is 4.07. The summed E-state index contributed by atoms with van der Waals surface area (Å²) in [4.78, 5) is 26.3. The third-order valence-electron chi connectivity index (χ3n) is 4.07. The molecule has 1 aromatic heterocycles. The number of hydrogen-bond acceptors (Lipinski definition) is 6. The van der Waals surface area contributed by atoms with E-state index in [9.17, 15) is 4.79 Å². The van der Waals surface area contributed by atoms with Gasteiger partial charge in [0.2, 0.25) is 5.95 Å². The predicted octanol–water partition coefficient (Wildman–Crippen LogP) is 0.900. The van der Waals surface area contributed by atoms with E-state index >= 15 is 0 Å². The molecule has 0 amide bonds. The Morgan fingerprint density at radius 3 is 2.36 bits per heavy atom. The van der Waals surface area contributed by atoms with Crippen LogP contribution in [0.15, 0.2) is 6.33 Å². The Bertz CT molecular complexity index is 466. The SMILES string of the molecule is CC[N+](CC)(CC)CC(=O)OCCc1ncnc(N(C)C)n1. The number of esters is 1. The molecule has 7 heteroatoms. The smallest absolute Gasteiger partial charge is 0.361 e. The van der Waals surface area contributed by atoms with E-state index in [1.165, 1.54) is 6.33 Å². The highest BCUT2D eigenvalue weighted by Crippen LogP contribution is 2.06. The number of anilines is 1. The van der Waals surface area contributed by atoms with Crippen molar-refractivity contribution in [2.45, 2.75) is 27.2 Å². The molecule has 0 atom stereocenters. The van der Waals surface area contributed by atoms with Crippen molar-refractivity contribution in [2.75, 3.05) is 51.8 Å². The van der Waals surface area contributed by atoms with Crippen molar-refractivity contribution in [1.82, 2.24) is 15.0 Å². The van der Waals surface area contributed by atoms with Crippen LogP contribution < -0.4 is 4.90 Å². The van der Waals surface area contributed by atoms with Crippen LogP contribution in [0.3, 0.4) is 0 Å². The molecule has 7 nitrogen and oxygen atoms in total. The zero-order valence-electron chi connectivity index (χ0n) is 14.4. The Hall–Kier alpha value is -1.76. The summed E-state index contributed by atoms with van der Waals surface area (Å²) in [5, 5.41) is 0. The second kappa shape index (κ2) is 8.63. The van der Waals surface area contributed by atoms with E-state index in [4.69, 9.17) is 4.74 Å². The van der Waals surface area contributed by atoms with Crippen molar-refractivity contribution in [2.24, 2.45) is 0 Å². The van der Waals surface area contributed by atoms with Crippen LogP contribution in [0.25, 0.3) is 0 Å². The lowest BCUT2D eigenvalue weighted by atomic mass is 10.3. The van der Waals surface area contributed by atoms with Crippen molar-refractivity contribution in [3.05, 3.63) is 12.2 Å². The van der Waals surface area contributed by atoms with E-state index < -0.39 is 0 Å². The molecular formula is C15H28N5O2+. The van der Waals surface area contributed by atoms with E-state index in [2.05, 4.69) is 35.7 Å². The summed E-state index contributed by atoms with van der Waals surface area (Å²) < 4.78 is 6.10. The number of quaternary nitrogens is 1. The summed E-state index contributed by atoms with van der Waals surface area (Å²) in [5.41, 5.74) is 0. The number of nitrogens with zero attached hydrogens (tertiary/aromatic N) is 5. The molecule has 0 unspecified atom stereocenters. The summed E-state index contributed by atoms with van der Waals surface area (Å²) in [7, 11) is 3.74. The van der Waals surface area contributed by atoms with Crippen molar-refractivity contribution in [1.29, 1.82) is 0 Å². The zero-order valence-corrected chi connectivity index (χ0v) is 14.4. The summed E-state index contributed by atoms with van der Waals surface area (Å²) in [6, 6.07) is 0. The van der Waals surface area contributed by atoms with E-state index in [-0.39, 0.29) is 5.97 Å². The average Bonchev–Trinajstić information content (AvgIpc) is 2.53. The Balaban J connectivity index is 2.47. The van der Waals surface area contributed by atoms with Gasteiger partial charge in [0.1, 0.15) is 12.2 Å². The molecule has 0 radical (unpaired) electrons. The van der Waals surface area contributed by atoms with Gasteiger partial charge in [0.15, 0.2) is 6.54 Å². The molecule has 0 aliphatic heterocycles. The second-order valence-electron chi connectivity index (χ2n) is 5.52. The molecule has 0 spiro atoms. The van der Waals surface area contributed by atoms with Gasteiger partial charge in [-0.2, -0.15) is 4.98 Å². The first kappa shape index (κ1) is 18.3. The molecular weight excluding hydrogens is 282 g/mol. The summed E-state index contributed by atoms with van der Waals surface area (Å²) >= 11 is 0. The number of hydrogen-bond donors (Lipinski definition) is 0. The molecule has 124 valence electrons. The van der Waals surface area contributed by atoms with Gasteiger partial charge in [-0.3, -0.25) is 0 Å². The molecule has 0 bridgehead atoms. The van der Waals surface area contributed by atoms with E-state index in [1.54, 1.807) is 0 Å². The molecule has 0 N–H and O–H groups in total. The van der Waals surface area contributed by atoms with Crippen LogP contribution in [0.5, 0.6) is 0 Å². The highest BCUT2D eigenvalue weighted by atomic mass is 16.5. The number of aromatic nitrogens is 3. The van der Waals surface area contributed by atoms with Gasteiger partial charge < -0.3 is 14.1 Å². The molecule has 0 aromatic carbocycles. The van der Waals surface area contributed by atoms with Crippen LogP contribution >= 0.6 is 0 Å². The molecule has 1 heterocycles. The number of carbonyl (C=O) groups excluding carboxylic acids is 1. The number of rotatable bonds is 9. The maximum absolute atomic E-state index is 12.0. The van der Waals surface area contributed by atoms with Crippen LogP contribution in [0.4, 0.5) is 5.95 Å². The molecule has 0 saturated carbocycles. The van der Waals surface area contributed by atoms with Crippen LogP contribution in [0.1, 0.15) is 26.6 Å². The normalized spacial score (nSPS) is 11.3. The quantitative estimate of drug-likeness (QED) is 0.499. The second-order valence-corrected chi connectivity index (χ2v) is 5.52. The van der Waals surface area contributed by atoms with Crippen LogP contribution in [0.2, 0.25) is 0 Å². The lowest BCUT2D eigenvalue weighted by Gasteiger charge is -2.34. The molecule has 1 aromatic rings. The van der Waals surface area contributed by atoms with E-state index in [0.717, 1.165) is 24.1 Å². The lowest BCUT2D eigenvalue weighted by molar-refractivity contribution is -0.916. The highest BCUT2D eigenvalue weighted by molar-refractivity contribution is 5.70. The first-order valence-corrected chi connectivity index (χ1v) is 7.82. The number of likely N-dealkylation sites (N-methyl/N-ethyl adjacent to an activating group) is 1. The molecule has 0 aliphatic carbocycles. The van der Waals surface area contributed by atoms with E-state index in [1.807, 2.05) is 19.0 Å². The summed E-state index contributed by atoms with van der Waals surface area (Å²) in [5.74, 6) is 1.08. The molecule has 0 aliphatic rings. The Morgan fingerprint density at radius 2 is 1.82 bits per heavy atom. The highest BCUT2D eigenvalue weighted by Gasteiger charge is 2.25. The fraction of sp³-hybridized carbons (Fsp3) is 0.733. The maximum Gasteiger partial charge on any atom is 0.361 e. The Labute approximate surface area is 132 Å². The van der Waals surface area contributed by atoms with Gasteiger partial charge in [-0.15, -0.1) is 0 Å². The topological polar surface area (TPSA) is 68.2 Å². The van der Waals surface area contributed by atoms with Crippen molar-refractivity contribution in [3.63, 3.8) is 0 Å². The molecule has 1 rings (SSSR count). The zero-order chi connectivity index (χ0) is 16.6. The van der Waals surface area contributed by atoms with Gasteiger partial charge >= 0.3 is 5.97 Å². The third kappa shape index (κ3) is 5.22. The number of carbonyl (C=O) groups is 1. The predicted molar refractivity (Wildman–Crippen MR) is 85.6 cm³/mol. The minimum absolute atomic E-state index is 0.160. The summed E-state index contributed by atoms with van der Waals surface area (Å²) in [6.07, 6.45) is 1.98. The Kier molecular flexibility index (Phi) is 7.17. The van der Waals surface area contributed by atoms with Gasteiger partial charge in [-0.25, -0.2) is 14.8 Å². The van der Waals surface area contributed by atoms with Gasteiger partial charge in [-0.1, -0.05) is 0 Å². The largest absolute Gasteiger partial charge is 0.461 e. The fourth-order valence-electron chi connectivity index (χ4n) is 2.24. The van der Waals surface area contributed by atoms with Crippen LogP contribution in [-0.2, 0) is 16.0 Å². The van der Waals surface area contributed by atoms with Gasteiger partial charge in [-0.05, 0) is 20.8 Å². The first-order valence-electron chi connectivity index (χ1n) is 7.82. The van der Waals surface area contributed by atoms with Crippen molar-refractivity contribution < 1.29 is 14.0 Å². The van der Waals surface area contributed by atoms with Crippen molar-refractivity contribution >= 4 is 11.9 Å². The average molecular weight is 310 g/mol. The number of ether oxygens (including phenoxy) is 1. The fourth-order valence-corrected chi connectivity index (χ4v) is 2.24. The standard InChI is InChI=1S/C15H28N5O2/c1-6-20(7-2,8-3)11-14(21)22-10-9-13-16-12-17-15(18-13)19(4)5/h12H,6-11H2,1-5H3/q+1. The van der Waals surface area contributed by atoms with Crippen LogP contribution in [-0.4, -0.2) is 72.3 Å². The first-order chi connectivity index (χ1) is 10.5. The van der Waals surface area contributed by atoms with Crippen LogP contribution in [0, 0.1) is 0 Å². The lowest BCUT2D eigenvalue weighted by Crippen LogP contribution is -2.51. The minimum atomic E-state index is -0.160. The molecule has 0 saturated heterocycles. The van der Waals surface area contributed by atoms with Gasteiger partial charge in [0.05, 0.1) is 26.2 Å². The minimum Gasteiger partial charge on any atom is -0.461 e. The summed E-state index contributed by atoms with van der Waals surface area (Å²) in [6.45, 7) is 9.83. The Morgan fingerprint density at radius 1 is 1.18 bits per heavy atom. The van der Waals surface area contributed by atoms with Gasteiger partial charge in [0.25, 0.3) is 0 Å². The maximum atomic E-state index is 12.0.